The number of aryl methyl sites for hydroxylation is 3. The largest absolute Gasteiger partial charge is 0.392 e. The van der Waals surface area contributed by atoms with Crippen LogP contribution in [0.5, 0.6) is 0 Å². The minimum atomic E-state index is 0.0276. The van der Waals surface area contributed by atoms with Gasteiger partial charge in [0.1, 0.15) is 5.82 Å². The Labute approximate surface area is 126 Å². The van der Waals surface area contributed by atoms with Crippen molar-refractivity contribution in [1.82, 2.24) is 4.98 Å². The van der Waals surface area contributed by atoms with Crippen molar-refractivity contribution in [2.45, 2.75) is 46.3 Å². The van der Waals surface area contributed by atoms with Gasteiger partial charge in [-0.1, -0.05) is 18.2 Å². The van der Waals surface area contributed by atoms with E-state index in [1.807, 2.05) is 19.9 Å². The Kier molecular flexibility index (Phi) is 3.68. The highest BCUT2D eigenvalue weighted by Crippen LogP contribution is 2.38. The van der Waals surface area contributed by atoms with Gasteiger partial charge in [-0.3, -0.25) is 0 Å². The van der Waals surface area contributed by atoms with Gasteiger partial charge in [-0.15, -0.1) is 0 Å². The third-order valence-electron chi connectivity index (χ3n) is 4.36. The van der Waals surface area contributed by atoms with Gasteiger partial charge in [-0.05, 0) is 56.9 Å². The summed E-state index contributed by atoms with van der Waals surface area (Å²) in [5.41, 5.74) is 5.62. The number of rotatable bonds is 2. The third-order valence-corrected chi connectivity index (χ3v) is 4.36. The predicted molar refractivity (Wildman–Crippen MR) is 86.0 cm³/mol. The molecule has 3 nitrogen and oxygen atoms in total. The maximum atomic E-state index is 9.79. The Balaban J connectivity index is 2.20. The predicted octanol–water partition coefficient (Wildman–Crippen LogP) is 3.66. The standard InChI is InChI=1S/C18H22N2O/c1-12-10-13(2)19-18(16(12)11-21)20-14(3)8-9-15-6-4-5-7-17(15)20/h4-7,10,14,21H,8-9,11H2,1-3H3. The quantitative estimate of drug-likeness (QED) is 0.913. The summed E-state index contributed by atoms with van der Waals surface area (Å²) in [6.45, 7) is 6.32. The molecule has 1 aromatic carbocycles. The highest BCUT2D eigenvalue weighted by molar-refractivity contribution is 5.69. The van der Waals surface area contributed by atoms with Crippen LogP contribution < -0.4 is 4.90 Å². The van der Waals surface area contributed by atoms with Gasteiger partial charge < -0.3 is 10.0 Å². The molecule has 1 aliphatic heterocycles. The zero-order valence-corrected chi connectivity index (χ0v) is 12.9. The first-order valence-electron chi connectivity index (χ1n) is 7.57. The first kappa shape index (κ1) is 14.1. The Morgan fingerprint density at radius 3 is 2.81 bits per heavy atom. The van der Waals surface area contributed by atoms with Crippen molar-refractivity contribution >= 4 is 11.5 Å². The number of fused-ring (bicyclic) bond motifs is 1. The fourth-order valence-electron chi connectivity index (χ4n) is 3.25. The number of aliphatic hydroxyl groups excluding tert-OH is 1. The molecule has 110 valence electrons. The van der Waals surface area contributed by atoms with Crippen LogP contribution in [0.3, 0.4) is 0 Å². The number of aliphatic hydroxyl groups is 1. The van der Waals surface area contributed by atoms with Crippen LogP contribution in [-0.4, -0.2) is 16.1 Å². The summed E-state index contributed by atoms with van der Waals surface area (Å²) in [7, 11) is 0. The highest BCUT2D eigenvalue weighted by atomic mass is 16.3. The molecule has 1 aliphatic rings. The minimum Gasteiger partial charge on any atom is -0.392 e. The van der Waals surface area contributed by atoms with E-state index in [0.717, 1.165) is 35.5 Å². The summed E-state index contributed by atoms with van der Waals surface area (Å²) in [6.07, 6.45) is 2.21. The molecule has 1 aromatic heterocycles. The van der Waals surface area contributed by atoms with E-state index < -0.39 is 0 Å². The fourth-order valence-corrected chi connectivity index (χ4v) is 3.25. The van der Waals surface area contributed by atoms with Crippen LogP contribution in [-0.2, 0) is 13.0 Å². The summed E-state index contributed by atoms with van der Waals surface area (Å²) < 4.78 is 0. The van der Waals surface area contributed by atoms with Crippen LogP contribution in [0.2, 0.25) is 0 Å². The number of para-hydroxylation sites is 1. The Morgan fingerprint density at radius 1 is 1.29 bits per heavy atom. The molecule has 0 saturated carbocycles. The molecule has 1 unspecified atom stereocenters. The lowest BCUT2D eigenvalue weighted by Crippen LogP contribution is -2.34. The lowest BCUT2D eigenvalue weighted by Gasteiger charge is -2.37. The molecular weight excluding hydrogens is 260 g/mol. The van der Waals surface area contributed by atoms with Crippen LogP contribution in [0.25, 0.3) is 0 Å². The molecule has 3 heteroatoms. The Bertz CT molecular complexity index is 666. The van der Waals surface area contributed by atoms with Crippen molar-refractivity contribution < 1.29 is 5.11 Å². The Hall–Kier alpha value is -1.87. The number of hydrogen-bond acceptors (Lipinski definition) is 3. The summed E-state index contributed by atoms with van der Waals surface area (Å²) in [6, 6.07) is 10.9. The van der Waals surface area contributed by atoms with Crippen LogP contribution in [0, 0.1) is 13.8 Å². The maximum Gasteiger partial charge on any atom is 0.139 e. The van der Waals surface area contributed by atoms with Gasteiger partial charge >= 0.3 is 0 Å². The summed E-state index contributed by atoms with van der Waals surface area (Å²) >= 11 is 0. The molecule has 1 atom stereocenters. The van der Waals surface area contributed by atoms with Gasteiger partial charge in [-0.25, -0.2) is 4.98 Å². The average molecular weight is 282 g/mol. The molecule has 0 bridgehead atoms. The third kappa shape index (κ3) is 2.42. The number of aromatic nitrogens is 1. The number of benzene rings is 1. The van der Waals surface area contributed by atoms with Gasteiger partial charge in [0.25, 0.3) is 0 Å². The van der Waals surface area contributed by atoms with E-state index in [4.69, 9.17) is 4.98 Å². The lowest BCUT2D eigenvalue weighted by atomic mass is 9.95. The molecule has 0 spiro atoms. The minimum absolute atomic E-state index is 0.0276. The highest BCUT2D eigenvalue weighted by Gasteiger charge is 2.27. The van der Waals surface area contributed by atoms with E-state index in [1.54, 1.807) is 0 Å². The Morgan fingerprint density at radius 2 is 2.05 bits per heavy atom. The first-order chi connectivity index (χ1) is 10.1. The van der Waals surface area contributed by atoms with Crippen molar-refractivity contribution in [3.05, 3.63) is 52.7 Å². The zero-order valence-electron chi connectivity index (χ0n) is 12.9. The van der Waals surface area contributed by atoms with E-state index in [2.05, 4.69) is 36.1 Å². The summed E-state index contributed by atoms with van der Waals surface area (Å²) in [4.78, 5) is 7.04. The normalized spacial score (nSPS) is 17.7. The molecule has 21 heavy (non-hydrogen) atoms. The fraction of sp³-hybridized carbons (Fsp3) is 0.389. The van der Waals surface area contributed by atoms with Crippen molar-refractivity contribution in [1.29, 1.82) is 0 Å². The van der Waals surface area contributed by atoms with Gasteiger partial charge in [-0.2, -0.15) is 0 Å². The van der Waals surface area contributed by atoms with Gasteiger partial charge in [0.15, 0.2) is 0 Å². The molecule has 3 rings (SSSR count). The molecule has 0 fully saturated rings. The monoisotopic (exact) mass is 282 g/mol. The van der Waals surface area contributed by atoms with Gasteiger partial charge in [0, 0.05) is 23.0 Å². The number of nitrogens with zero attached hydrogens (tertiary/aromatic N) is 2. The second kappa shape index (κ2) is 5.49. The van der Waals surface area contributed by atoms with Crippen molar-refractivity contribution in [3.8, 4) is 0 Å². The molecule has 0 aliphatic carbocycles. The van der Waals surface area contributed by atoms with Crippen LogP contribution in [0.15, 0.2) is 30.3 Å². The molecular formula is C18H22N2O. The van der Waals surface area contributed by atoms with Crippen LogP contribution >= 0.6 is 0 Å². The topological polar surface area (TPSA) is 36.4 Å². The van der Waals surface area contributed by atoms with Crippen LogP contribution in [0.1, 0.15) is 35.7 Å². The first-order valence-corrected chi connectivity index (χ1v) is 7.57. The second-order valence-corrected chi connectivity index (χ2v) is 5.93. The molecule has 2 aromatic rings. The van der Waals surface area contributed by atoms with Crippen molar-refractivity contribution in [3.63, 3.8) is 0 Å². The lowest BCUT2D eigenvalue weighted by molar-refractivity contribution is 0.280. The average Bonchev–Trinajstić information content (AvgIpc) is 2.46. The second-order valence-electron chi connectivity index (χ2n) is 5.93. The smallest absolute Gasteiger partial charge is 0.139 e. The zero-order chi connectivity index (χ0) is 15.0. The van der Waals surface area contributed by atoms with Crippen LogP contribution in [0.4, 0.5) is 11.5 Å². The van der Waals surface area contributed by atoms with Crippen molar-refractivity contribution in [2.75, 3.05) is 4.90 Å². The van der Waals surface area contributed by atoms with E-state index >= 15 is 0 Å². The van der Waals surface area contributed by atoms with E-state index in [0.29, 0.717) is 6.04 Å². The van der Waals surface area contributed by atoms with Gasteiger partial charge in [0.2, 0.25) is 0 Å². The molecule has 1 N–H and O–H groups in total. The molecule has 0 amide bonds. The number of hydrogen-bond donors (Lipinski definition) is 1. The number of anilines is 2. The maximum absolute atomic E-state index is 9.79. The van der Waals surface area contributed by atoms with E-state index in [-0.39, 0.29) is 6.61 Å². The summed E-state index contributed by atoms with van der Waals surface area (Å²) in [5, 5.41) is 9.79. The SMILES string of the molecule is Cc1cc(C)c(CO)c(N2c3ccccc3CCC2C)n1. The number of pyridine rings is 1. The summed E-state index contributed by atoms with van der Waals surface area (Å²) in [5.74, 6) is 0.912. The molecule has 0 radical (unpaired) electrons. The van der Waals surface area contributed by atoms with E-state index in [9.17, 15) is 5.11 Å². The molecule has 2 heterocycles. The van der Waals surface area contributed by atoms with Crippen molar-refractivity contribution in [2.24, 2.45) is 0 Å². The van der Waals surface area contributed by atoms with E-state index in [1.165, 1.54) is 11.3 Å². The van der Waals surface area contributed by atoms with Gasteiger partial charge in [0.05, 0.1) is 6.61 Å². The molecule has 0 saturated heterocycles.